The Balaban J connectivity index is 1.28. The van der Waals surface area contributed by atoms with Crippen molar-refractivity contribution >= 4 is 28.4 Å². The number of fused-ring (bicyclic) bond motifs is 1. The molecule has 0 spiro atoms. The van der Waals surface area contributed by atoms with Crippen LogP contribution in [0, 0.1) is 0 Å². The van der Waals surface area contributed by atoms with E-state index < -0.39 is 12.0 Å². The van der Waals surface area contributed by atoms with Crippen LogP contribution in [0.25, 0.3) is 10.9 Å². The van der Waals surface area contributed by atoms with Crippen molar-refractivity contribution in [2.24, 2.45) is 0 Å². The van der Waals surface area contributed by atoms with Crippen molar-refractivity contribution in [1.82, 2.24) is 14.8 Å². The molecule has 10 heteroatoms. The second-order valence-electron chi connectivity index (χ2n) is 10.4. The van der Waals surface area contributed by atoms with Crippen molar-refractivity contribution in [3.8, 4) is 17.2 Å². The molecule has 1 aromatic heterocycles. The smallest absolute Gasteiger partial charge is 0.257 e. The summed E-state index contributed by atoms with van der Waals surface area (Å²) in [6.07, 6.45) is 1.23. The number of amides is 1. The van der Waals surface area contributed by atoms with Gasteiger partial charge in [-0.05, 0) is 41.5 Å². The van der Waals surface area contributed by atoms with Crippen molar-refractivity contribution in [1.29, 1.82) is 0 Å². The molecule has 3 aromatic carbocycles. The Bertz CT molecular complexity index is 1700. The van der Waals surface area contributed by atoms with Crippen LogP contribution in [0.3, 0.4) is 0 Å². The summed E-state index contributed by atoms with van der Waals surface area (Å²) in [5, 5.41) is 3.97. The lowest BCUT2D eigenvalue weighted by Crippen LogP contribution is -2.36. The van der Waals surface area contributed by atoms with E-state index in [-0.39, 0.29) is 24.3 Å². The first-order valence-corrected chi connectivity index (χ1v) is 14.0. The molecule has 9 nitrogen and oxygen atoms in total. The van der Waals surface area contributed by atoms with Gasteiger partial charge in [0.15, 0.2) is 11.5 Å². The second kappa shape index (κ2) is 10.7. The van der Waals surface area contributed by atoms with Gasteiger partial charge in [-0.15, -0.1) is 0 Å². The van der Waals surface area contributed by atoms with Crippen LogP contribution in [-0.4, -0.2) is 48.5 Å². The van der Waals surface area contributed by atoms with Crippen LogP contribution in [0.15, 0.2) is 65.6 Å². The van der Waals surface area contributed by atoms with Crippen LogP contribution in [0.4, 0.5) is 0 Å². The SMILES string of the molecule is O=C(NCc1ccc(Cl)cc1)c1cn2c3c(cc(CN4CCOCC4)cc3c1=O)OC(c1cccc3c1OCO3)C2. The maximum absolute atomic E-state index is 13.8. The first-order valence-electron chi connectivity index (χ1n) is 13.6. The largest absolute Gasteiger partial charge is 0.481 e. The second-order valence-corrected chi connectivity index (χ2v) is 10.8. The number of rotatable bonds is 6. The maximum Gasteiger partial charge on any atom is 0.257 e. The number of nitrogens with zero attached hydrogens (tertiary/aromatic N) is 2. The Hall–Kier alpha value is -4.05. The molecule has 1 saturated heterocycles. The highest BCUT2D eigenvalue weighted by molar-refractivity contribution is 6.30. The number of halogens is 1. The van der Waals surface area contributed by atoms with Crippen molar-refractivity contribution in [2.75, 3.05) is 33.1 Å². The molecule has 3 aliphatic rings. The van der Waals surface area contributed by atoms with E-state index >= 15 is 0 Å². The fraction of sp³-hybridized carbons (Fsp3) is 0.290. The summed E-state index contributed by atoms with van der Waals surface area (Å²) in [6.45, 7) is 4.42. The zero-order chi connectivity index (χ0) is 27.9. The average Bonchev–Trinajstić information content (AvgIpc) is 3.48. The molecule has 4 aromatic rings. The molecule has 0 radical (unpaired) electrons. The van der Waals surface area contributed by atoms with Gasteiger partial charge >= 0.3 is 0 Å². The highest BCUT2D eigenvalue weighted by Gasteiger charge is 2.31. The number of pyridine rings is 1. The molecule has 1 N–H and O–H groups in total. The normalized spacial score (nSPS) is 17.8. The van der Waals surface area contributed by atoms with Crippen molar-refractivity contribution in [3.63, 3.8) is 0 Å². The summed E-state index contributed by atoms with van der Waals surface area (Å²) in [6, 6.07) is 16.9. The lowest BCUT2D eigenvalue weighted by atomic mass is 10.0. The predicted octanol–water partition coefficient (Wildman–Crippen LogP) is 4.28. The molecule has 3 aliphatic heterocycles. The van der Waals surface area contributed by atoms with Crippen LogP contribution in [0.5, 0.6) is 17.2 Å². The third kappa shape index (κ3) is 5.01. The zero-order valence-electron chi connectivity index (χ0n) is 22.2. The molecule has 1 atom stereocenters. The highest BCUT2D eigenvalue weighted by atomic mass is 35.5. The van der Waals surface area contributed by atoms with E-state index in [0.29, 0.717) is 59.5 Å². The van der Waals surface area contributed by atoms with E-state index in [4.69, 9.17) is 30.5 Å². The molecule has 210 valence electrons. The first kappa shape index (κ1) is 25.9. The van der Waals surface area contributed by atoms with Crippen LogP contribution in [0.2, 0.25) is 5.02 Å². The Labute approximate surface area is 241 Å². The molecule has 4 heterocycles. The predicted molar refractivity (Wildman–Crippen MR) is 153 cm³/mol. The average molecular weight is 574 g/mol. The lowest BCUT2D eigenvalue weighted by molar-refractivity contribution is 0.0341. The maximum atomic E-state index is 13.8. The van der Waals surface area contributed by atoms with Gasteiger partial charge in [0, 0.05) is 43.0 Å². The molecular formula is C31H28ClN3O6. The molecule has 1 fully saturated rings. The monoisotopic (exact) mass is 573 g/mol. The number of ether oxygens (including phenoxy) is 4. The van der Waals surface area contributed by atoms with Crippen molar-refractivity contribution in [3.05, 3.63) is 98.3 Å². The minimum Gasteiger partial charge on any atom is -0.481 e. The zero-order valence-corrected chi connectivity index (χ0v) is 23.0. The van der Waals surface area contributed by atoms with Crippen LogP contribution in [-0.2, 0) is 24.4 Å². The molecule has 0 saturated carbocycles. The van der Waals surface area contributed by atoms with Gasteiger partial charge < -0.3 is 28.8 Å². The van der Waals surface area contributed by atoms with E-state index in [1.807, 2.05) is 47.0 Å². The molecule has 1 amide bonds. The van der Waals surface area contributed by atoms with Gasteiger partial charge in [-0.25, -0.2) is 0 Å². The summed E-state index contributed by atoms with van der Waals surface area (Å²) in [5.41, 5.74) is 3.11. The Kier molecular flexibility index (Phi) is 6.78. The number of aromatic nitrogens is 1. The number of para-hydroxylation sites is 1. The summed E-state index contributed by atoms with van der Waals surface area (Å²) in [7, 11) is 0. The number of carbonyl (C=O) groups excluding carboxylic acids is 1. The Morgan fingerprint density at radius 3 is 2.66 bits per heavy atom. The van der Waals surface area contributed by atoms with Gasteiger partial charge in [0.2, 0.25) is 12.2 Å². The number of hydrogen-bond donors (Lipinski definition) is 1. The van der Waals surface area contributed by atoms with Gasteiger partial charge in [0.1, 0.15) is 17.4 Å². The third-order valence-corrected chi connectivity index (χ3v) is 7.97. The number of nitrogens with one attached hydrogen (secondary N) is 1. The number of carbonyl (C=O) groups is 1. The van der Waals surface area contributed by atoms with Gasteiger partial charge in [0.05, 0.1) is 30.7 Å². The van der Waals surface area contributed by atoms with Gasteiger partial charge in [-0.2, -0.15) is 0 Å². The topological polar surface area (TPSA) is 91.3 Å². The third-order valence-electron chi connectivity index (χ3n) is 7.72. The minimum absolute atomic E-state index is 0.0828. The summed E-state index contributed by atoms with van der Waals surface area (Å²) in [4.78, 5) is 29.5. The van der Waals surface area contributed by atoms with Gasteiger partial charge in [-0.3, -0.25) is 14.5 Å². The first-order chi connectivity index (χ1) is 20.0. The molecule has 0 aliphatic carbocycles. The molecule has 41 heavy (non-hydrogen) atoms. The summed E-state index contributed by atoms with van der Waals surface area (Å²) >= 11 is 5.99. The molecule has 0 bridgehead atoms. The van der Waals surface area contributed by atoms with E-state index in [2.05, 4.69) is 10.2 Å². The Morgan fingerprint density at radius 2 is 1.83 bits per heavy atom. The van der Waals surface area contributed by atoms with Crippen molar-refractivity contribution in [2.45, 2.75) is 25.7 Å². The highest BCUT2D eigenvalue weighted by Crippen LogP contribution is 2.43. The van der Waals surface area contributed by atoms with Crippen LogP contribution in [0.1, 0.15) is 33.2 Å². The quantitative estimate of drug-likeness (QED) is 0.368. The minimum atomic E-state index is -0.434. The lowest BCUT2D eigenvalue weighted by Gasteiger charge is -2.31. The van der Waals surface area contributed by atoms with Crippen LogP contribution >= 0.6 is 11.6 Å². The van der Waals surface area contributed by atoms with Crippen molar-refractivity contribution < 1.29 is 23.7 Å². The van der Waals surface area contributed by atoms with Gasteiger partial charge in [-0.1, -0.05) is 35.9 Å². The van der Waals surface area contributed by atoms with E-state index in [9.17, 15) is 9.59 Å². The number of benzene rings is 3. The Morgan fingerprint density at radius 1 is 1.00 bits per heavy atom. The molecule has 7 rings (SSSR count). The molecule has 1 unspecified atom stereocenters. The summed E-state index contributed by atoms with van der Waals surface area (Å²) in [5.74, 6) is 1.49. The van der Waals surface area contributed by atoms with E-state index in [1.165, 1.54) is 0 Å². The standard InChI is InChI=1S/C31H28ClN3O6/c32-21-6-4-19(5-7-21)14-33-31(37)24-16-35-17-27(22-2-1-3-25-30(22)40-18-39-25)41-26-13-20(12-23(28(26)35)29(24)36)15-34-8-10-38-11-9-34/h1-7,12-13,16,27H,8-11,14-15,17-18H2,(H,33,37). The fourth-order valence-corrected chi connectivity index (χ4v) is 5.81. The van der Waals surface area contributed by atoms with E-state index in [0.717, 1.165) is 29.8 Å². The molecular weight excluding hydrogens is 546 g/mol. The summed E-state index contributed by atoms with van der Waals surface area (Å²) < 4.78 is 25.4. The van der Waals surface area contributed by atoms with Gasteiger partial charge in [0.25, 0.3) is 5.91 Å². The number of morpholine rings is 1. The van der Waals surface area contributed by atoms with Crippen LogP contribution < -0.4 is 25.0 Å². The fourth-order valence-electron chi connectivity index (χ4n) is 5.68. The number of hydrogen-bond acceptors (Lipinski definition) is 7. The van der Waals surface area contributed by atoms with E-state index in [1.54, 1.807) is 18.3 Å².